The zero-order valence-corrected chi connectivity index (χ0v) is 13.9. The first-order valence-corrected chi connectivity index (χ1v) is 8.54. The minimum Gasteiger partial charge on any atom is -0.308 e. The van der Waals surface area contributed by atoms with Crippen LogP contribution in [0.5, 0.6) is 0 Å². The van der Waals surface area contributed by atoms with Gasteiger partial charge in [-0.25, -0.2) is 9.97 Å². The van der Waals surface area contributed by atoms with Crippen LogP contribution in [0.3, 0.4) is 0 Å². The van der Waals surface area contributed by atoms with Crippen molar-refractivity contribution in [2.24, 2.45) is 5.92 Å². The van der Waals surface area contributed by atoms with E-state index in [-0.39, 0.29) is 5.38 Å². The van der Waals surface area contributed by atoms with Crippen LogP contribution in [-0.4, -0.2) is 14.5 Å². The van der Waals surface area contributed by atoms with Gasteiger partial charge in [-0.2, -0.15) is 0 Å². The number of hydrogen-bond donors (Lipinski definition) is 0. The second-order valence-electron chi connectivity index (χ2n) is 6.33. The highest BCUT2D eigenvalue weighted by atomic mass is 35.5. The zero-order valence-electron chi connectivity index (χ0n) is 13.1. The predicted octanol–water partition coefficient (Wildman–Crippen LogP) is 5.18. The van der Waals surface area contributed by atoms with Gasteiger partial charge < -0.3 is 4.57 Å². The maximum Gasteiger partial charge on any atom is 0.160 e. The van der Waals surface area contributed by atoms with Crippen molar-refractivity contribution in [2.45, 2.75) is 64.3 Å². The molecular formula is C17H24ClN3. The van der Waals surface area contributed by atoms with Gasteiger partial charge in [0, 0.05) is 12.2 Å². The fourth-order valence-corrected chi connectivity index (χ4v) is 3.87. The fraction of sp³-hybridized carbons (Fsp3) is 0.647. The van der Waals surface area contributed by atoms with E-state index >= 15 is 0 Å². The van der Waals surface area contributed by atoms with Crippen molar-refractivity contribution in [3.63, 3.8) is 0 Å². The van der Waals surface area contributed by atoms with Gasteiger partial charge in [-0.1, -0.05) is 26.2 Å². The van der Waals surface area contributed by atoms with E-state index in [0.717, 1.165) is 22.6 Å². The largest absolute Gasteiger partial charge is 0.308 e. The Hall–Kier alpha value is -1.09. The molecule has 0 aliphatic heterocycles. The van der Waals surface area contributed by atoms with Crippen LogP contribution in [-0.2, 0) is 0 Å². The average Bonchev–Trinajstić information content (AvgIpc) is 2.85. The van der Waals surface area contributed by atoms with Crippen molar-refractivity contribution in [3.05, 3.63) is 23.7 Å². The van der Waals surface area contributed by atoms with Gasteiger partial charge in [0.25, 0.3) is 0 Å². The zero-order chi connectivity index (χ0) is 15.0. The fourth-order valence-electron chi connectivity index (χ4n) is 3.71. The van der Waals surface area contributed by atoms with Crippen LogP contribution in [0.25, 0.3) is 11.2 Å². The minimum atomic E-state index is -0.0843. The molecule has 0 amide bonds. The number of rotatable bonds is 3. The standard InChI is InChI=1S/C17H24ClN3/c1-4-13-7-5-6-8-15(13)21-16(12(3)18)20-14-9-11(2)10-19-17(14)21/h9-10,12-13,15H,4-8H2,1-3H3. The summed E-state index contributed by atoms with van der Waals surface area (Å²) in [5, 5.41) is -0.0843. The lowest BCUT2D eigenvalue weighted by Gasteiger charge is -2.33. The molecule has 3 unspecified atom stereocenters. The molecule has 1 aliphatic carbocycles. The smallest absolute Gasteiger partial charge is 0.160 e. The molecule has 21 heavy (non-hydrogen) atoms. The van der Waals surface area contributed by atoms with Gasteiger partial charge in [0.15, 0.2) is 5.65 Å². The molecule has 1 fully saturated rings. The van der Waals surface area contributed by atoms with E-state index in [4.69, 9.17) is 16.6 Å². The normalized spacial score (nSPS) is 24.4. The van der Waals surface area contributed by atoms with Gasteiger partial charge >= 0.3 is 0 Å². The monoisotopic (exact) mass is 305 g/mol. The SMILES string of the molecule is CCC1CCCCC1n1c(C(C)Cl)nc2cc(C)cnc21. The first-order valence-electron chi connectivity index (χ1n) is 8.10. The van der Waals surface area contributed by atoms with Crippen LogP contribution in [0.15, 0.2) is 12.3 Å². The van der Waals surface area contributed by atoms with Crippen molar-refractivity contribution < 1.29 is 0 Å². The minimum absolute atomic E-state index is 0.0843. The maximum atomic E-state index is 6.42. The molecule has 2 aromatic heterocycles. The highest BCUT2D eigenvalue weighted by molar-refractivity contribution is 6.20. The van der Waals surface area contributed by atoms with E-state index in [9.17, 15) is 0 Å². The molecule has 3 rings (SSSR count). The molecule has 1 saturated carbocycles. The molecule has 0 bridgehead atoms. The number of alkyl halides is 1. The molecule has 114 valence electrons. The van der Waals surface area contributed by atoms with E-state index in [1.165, 1.54) is 32.1 Å². The third kappa shape index (κ3) is 2.68. The van der Waals surface area contributed by atoms with Crippen LogP contribution in [0.2, 0.25) is 0 Å². The summed E-state index contributed by atoms with van der Waals surface area (Å²) in [5.74, 6) is 1.70. The van der Waals surface area contributed by atoms with E-state index in [0.29, 0.717) is 12.0 Å². The lowest BCUT2D eigenvalue weighted by atomic mass is 9.82. The lowest BCUT2D eigenvalue weighted by molar-refractivity contribution is 0.232. The third-order valence-electron chi connectivity index (χ3n) is 4.77. The molecule has 0 saturated heterocycles. The summed E-state index contributed by atoms with van der Waals surface area (Å²) < 4.78 is 2.35. The molecule has 4 heteroatoms. The Morgan fingerprint density at radius 3 is 2.86 bits per heavy atom. The number of hydrogen-bond acceptors (Lipinski definition) is 2. The topological polar surface area (TPSA) is 30.7 Å². The summed E-state index contributed by atoms with van der Waals surface area (Å²) in [6, 6.07) is 2.62. The highest BCUT2D eigenvalue weighted by Gasteiger charge is 2.30. The van der Waals surface area contributed by atoms with Crippen LogP contribution in [0.4, 0.5) is 0 Å². The molecule has 2 heterocycles. The van der Waals surface area contributed by atoms with Crippen molar-refractivity contribution >= 4 is 22.8 Å². The molecule has 3 nitrogen and oxygen atoms in total. The Morgan fingerprint density at radius 1 is 1.38 bits per heavy atom. The second-order valence-corrected chi connectivity index (χ2v) is 6.99. The molecule has 0 radical (unpaired) electrons. The number of pyridine rings is 1. The summed E-state index contributed by atoms with van der Waals surface area (Å²) >= 11 is 6.42. The summed E-state index contributed by atoms with van der Waals surface area (Å²) in [5.41, 5.74) is 3.14. The predicted molar refractivity (Wildman–Crippen MR) is 87.8 cm³/mol. The summed E-state index contributed by atoms with van der Waals surface area (Å²) in [6.45, 7) is 6.37. The molecule has 0 spiro atoms. The maximum absolute atomic E-state index is 6.42. The quantitative estimate of drug-likeness (QED) is 0.731. The molecular weight excluding hydrogens is 282 g/mol. The lowest BCUT2D eigenvalue weighted by Crippen LogP contribution is -2.24. The Balaban J connectivity index is 2.16. The molecule has 1 aliphatic rings. The third-order valence-corrected chi connectivity index (χ3v) is 4.97. The Kier molecular flexibility index (Phi) is 4.21. The Bertz CT molecular complexity index is 632. The van der Waals surface area contributed by atoms with Crippen molar-refractivity contribution in [1.29, 1.82) is 0 Å². The van der Waals surface area contributed by atoms with Crippen LogP contribution < -0.4 is 0 Å². The van der Waals surface area contributed by atoms with Crippen molar-refractivity contribution in [3.8, 4) is 0 Å². The number of imidazole rings is 1. The summed E-state index contributed by atoms with van der Waals surface area (Å²) in [6.07, 6.45) is 8.32. The van der Waals surface area contributed by atoms with Gasteiger partial charge in [0.2, 0.25) is 0 Å². The molecule has 3 atom stereocenters. The van der Waals surface area contributed by atoms with Gasteiger partial charge in [-0.05, 0) is 44.2 Å². The van der Waals surface area contributed by atoms with E-state index in [1.54, 1.807) is 0 Å². The average molecular weight is 306 g/mol. The first-order chi connectivity index (χ1) is 10.1. The van der Waals surface area contributed by atoms with Crippen LogP contribution in [0.1, 0.15) is 68.8 Å². The Morgan fingerprint density at radius 2 is 2.14 bits per heavy atom. The van der Waals surface area contributed by atoms with Gasteiger partial charge in [-0.15, -0.1) is 11.6 Å². The number of fused-ring (bicyclic) bond motifs is 1. The van der Waals surface area contributed by atoms with Crippen molar-refractivity contribution in [1.82, 2.24) is 14.5 Å². The number of aryl methyl sites for hydroxylation is 1. The molecule has 0 N–H and O–H groups in total. The van der Waals surface area contributed by atoms with E-state index in [2.05, 4.69) is 29.5 Å². The summed E-state index contributed by atoms with van der Waals surface area (Å²) in [4.78, 5) is 9.45. The number of nitrogens with zero attached hydrogens (tertiary/aromatic N) is 3. The van der Waals surface area contributed by atoms with E-state index in [1.807, 2.05) is 13.1 Å². The number of aromatic nitrogens is 3. The van der Waals surface area contributed by atoms with Gasteiger partial charge in [0.1, 0.15) is 11.3 Å². The molecule has 2 aromatic rings. The summed E-state index contributed by atoms with van der Waals surface area (Å²) in [7, 11) is 0. The number of halogens is 1. The van der Waals surface area contributed by atoms with Gasteiger partial charge in [-0.3, -0.25) is 0 Å². The van der Waals surface area contributed by atoms with Crippen molar-refractivity contribution in [2.75, 3.05) is 0 Å². The highest BCUT2D eigenvalue weighted by Crippen LogP contribution is 2.39. The van der Waals surface area contributed by atoms with Crippen LogP contribution >= 0.6 is 11.6 Å². The Labute approximate surface area is 131 Å². The second kappa shape index (κ2) is 5.96. The van der Waals surface area contributed by atoms with E-state index < -0.39 is 0 Å². The van der Waals surface area contributed by atoms with Gasteiger partial charge in [0.05, 0.1) is 5.38 Å². The van der Waals surface area contributed by atoms with Crippen LogP contribution in [0, 0.1) is 12.8 Å². The first kappa shape index (κ1) is 14.8. The molecule has 0 aromatic carbocycles.